The van der Waals surface area contributed by atoms with Crippen molar-refractivity contribution < 1.29 is 4.42 Å². The lowest BCUT2D eigenvalue weighted by Gasteiger charge is -2.26. The van der Waals surface area contributed by atoms with Crippen molar-refractivity contribution in [2.45, 2.75) is 38.1 Å². The molecule has 0 radical (unpaired) electrons. The Kier molecular flexibility index (Phi) is 4.38. The number of likely N-dealkylation sites (tertiary alicyclic amines) is 1. The van der Waals surface area contributed by atoms with Crippen molar-refractivity contribution in [2.75, 3.05) is 19.6 Å². The summed E-state index contributed by atoms with van der Waals surface area (Å²) in [5.41, 5.74) is 7.28. The summed E-state index contributed by atoms with van der Waals surface area (Å²) in [5, 5.41) is 1.14. The van der Waals surface area contributed by atoms with E-state index in [0.29, 0.717) is 0 Å². The maximum atomic E-state index is 6.34. The highest BCUT2D eigenvalue weighted by Gasteiger charge is 2.16. The molecule has 1 aromatic carbocycles. The second-order valence-electron chi connectivity index (χ2n) is 5.86. The molecular weight excluding hydrogens is 248 g/mol. The Balaban J connectivity index is 1.66. The molecular formula is C17H24N2O. The standard InChI is InChI=1S/C17H24N2O/c18-15(13-19-10-6-2-1-3-7-11-19)17-12-14-8-4-5-9-16(14)20-17/h4-5,8-9,12,15H,1-3,6-7,10-11,13,18H2. The van der Waals surface area contributed by atoms with E-state index in [4.69, 9.17) is 10.2 Å². The number of para-hydroxylation sites is 1. The van der Waals surface area contributed by atoms with Crippen LogP contribution in [-0.4, -0.2) is 24.5 Å². The third-order valence-electron chi connectivity index (χ3n) is 4.21. The number of benzene rings is 1. The number of hydrogen-bond acceptors (Lipinski definition) is 3. The molecule has 2 heterocycles. The van der Waals surface area contributed by atoms with Crippen LogP contribution in [0.3, 0.4) is 0 Å². The van der Waals surface area contributed by atoms with Crippen LogP contribution in [0, 0.1) is 0 Å². The van der Waals surface area contributed by atoms with Gasteiger partial charge in [0, 0.05) is 11.9 Å². The fraction of sp³-hybridized carbons (Fsp3) is 0.529. The molecule has 0 saturated carbocycles. The maximum absolute atomic E-state index is 6.34. The quantitative estimate of drug-likeness (QED) is 0.926. The number of furan rings is 1. The molecule has 1 unspecified atom stereocenters. The predicted molar refractivity (Wildman–Crippen MR) is 82.7 cm³/mol. The highest BCUT2D eigenvalue weighted by molar-refractivity contribution is 5.77. The second-order valence-corrected chi connectivity index (χ2v) is 5.86. The van der Waals surface area contributed by atoms with Gasteiger partial charge in [-0.3, -0.25) is 0 Å². The zero-order valence-corrected chi connectivity index (χ0v) is 12.1. The topological polar surface area (TPSA) is 42.4 Å². The van der Waals surface area contributed by atoms with Crippen LogP contribution in [0.2, 0.25) is 0 Å². The molecule has 3 rings (SSSR count). The molecule has 2 aromatic rings. The zero-order chi connectivity index (χ0) is 13.8. The molecule has 0 amide bonds. The van der Waals surface area contributed by atoms with E-state index in [9.17, 15) is 0 Å². The summed E-state index contributed by atoms with van der Waals surface area (Å²) in [6.45, 7) is 3.25. The fourth-order valence-electron chi connectivity index (χ4n) is 3.05. The predicted octanol–water partition coefficient (Wildman–Crippen LogP) is 3.70. The number of fused-ring (bicyclic) bond motifs is 1. The molecule has 1 aromatic heterocycles. The van der Waals surface area contributed by atoms with Gasteiger partial charge in [0.15, 0.2) is 0 Å². The van der Waals surface area contributed by atoms with E-state index in [0.717, 1.165) is 23.3 Å². The number of hydrogen-bond donors (Lipinski definition) is 1. The van der Waals surface area contributed by atoms with Crippen molar-refractivity contribution in [3.8, 4) is 0 Å². The van der Waals surface area contributed by atoms with E-state index >= 15 is 0 Å². The highest BCUT2D eigenvalue weighted by Crippen LogP contribution is 2.23. The van der Waals surface area contributed by atoms with Gasteiger partial charge >= 0.3 is 0 Å². The highest BCUT2D eigenvalue weighted by atomic mass is 16.3. The van der Waals surface area contributed by atoms with E-state index < -0.39 is 0 Å². The molecule has 20 heavy (non-hydrogen) atoms. The molecule has 108 valence electrons. The summed E-state index contributed by atoms with van der Waals surface area (Å²) in [5.74, 6) is 0.910. The fourth-order valence-corrected chi connectivity index (χ4v) is 3.05. The van der Waals surface area contributed by atoms with Gasteiger partial charge in [-0.15, -0.1) is 0 Å². The Bertz CT molecular complexity index is 508. The third kappa shape index (κ3) is 3.22. The van der Waals surface area contributed by atoms with Crippen LogP contribution in [0.15, 0.2) is 34.7 Å². The van der Waals surface area contributed by atoms with Crippen molar-refractivity contribution in [1.29, 1.82) is 0 Å². The van der Waals surface area contributed by atoms with E-state index in [-0.39, 0.29) is 6.04 Å². The molecule has 1 saturated heterocycles. The minimum Gasteiger partial charge on any atom is -0.459 e. The van der Waals surface area contributed by atoms with Crippen LogP contribution < -0.4 is 5.73 Å². The Morgan fingerprint density at radius 3 is 2.50 bits per heavy atom. The van der Waals surface area contributed by atoms with Crippen LogP contribution in [0.1, 0.15) is 43.9 Å². The monoisotopic (exact) mass is 272 g/mol. The van der Waals surface area contributed by atoms with Gasteiger partial charge in [-0.25, -0.2) is 0 Å². The second kappa shape index (κ2) is 6.42. The van der Waals surface area contributed by atoms with E-state index in [1.165, 1.54) is 45.2 Å². The molecule has 1 aliphatic heterocycles. The summed E-state index contributed by atoms with van der Waals surface area (Å²) in [6, 6.07) is 10.2. The molecule has 0 aliphatic carbocycles. The van der Waals surface area contributed by atoms with Gasteiger partial charge in [0.1, 0.15) is 11.3 Å². The Labute approximate surface area is 120 Å². The Morgan fingerprint density at radius 2 is 1.75 bits per heavy atom. The summed E-state index contributed by atoms with van der Waals surface area (Å²) in [7, 11) is 0. The van der Waals surface area contributed by atoms with Crippen molar-refractivity contribution >= 4 is 11.0 Å². The Morgan fingerprint density at radius 1 is 1.05 bits per heavy atom. The summed E-state index contributed by atoms with van der Waals surface area (Å²) in [6.07, 6.45) is 6.70. The van der Waals surface area contributed by atoms with Crippen LogP contribution >= 0.6 is 0 Å². The molecule has 2 N–H and O–H groups in total. The van der Waals surface area contributed by atoms with E-state index in [1.54, 1.807) is 0 Å². The van der Waals surface area contributed by atoms with Crippen LogP contribution in [0.25, 0.3) is 11.0 Å². The molecule has 1 atom stereocenters. The first kappa shape index (κ1) is 13.7. The SMILES string of the molecule is NC(CN1CCCCCCC1)c1cc2ccccc2o1. The summed E-state index contributed by atoms with van der Waals surface area (Å²) >= 11 is 0. The average Bonchev–Trinajstić information content (AvgIpc) is 2.85. The summed E-state index contributed by atoms with van der Waals surface area (Å²) in [4.78, 5) is 2.50. The first-order valence-electron chi connectivity index (χ1n) is 7.79. The third-order valence-corrected chi connectivity index (χ3v) is 4.21. The maximum Gasteiger partial charge on any atom is 0.134 e. The van der Waals surface area contributed by atoms with Gasteiger partial charge in [0.25, 0.3) is 0 Å². The minimum absolute atomic E-state index is 0.0261. The van der Waals surface area contributed by atoms with Crippen molar-refractivity contribution in [2.24, 2.45) is 5.73 Å². The first-order chi connectivity index (χ1) is 9.83. The van der Waals surface area contributed by atoms with Crippen LogP contribution in [0.4, 0.5) is 0 Å². The van der Waals surface area contributed by atoms with Gasteiger partial charge in [-0.05, 0) is 38.1 Å². The normalized spacial score (nSPS) is 19.6. The smallest absolute Gasteiger partial charge is 0.134 e. The lowest BCUT2D eigenvalue weighted by Crippen LogP contribution is -2.34. The molecule has 0 spiro atoms. The van der Waals surface area contributed by atoms with Gasteiger partial charge in [0.2, 0.25) is 0 Å². The van der Waals surface area contributed by atoms with E-state index in [1.807, 2.05) is 18.2 Å². The number of rotatable bonds is 3. The number of nitrogens with zero attached hydrogens (tertiary/aromatic N) is 1. The first-order valence-corrected chi connectivity index (χ1v) is 7.79. The molecule has 1 fully saturated rings. The number of nitrogens with two attached hydrogens (primary N) is 1. The van der Waals surface area contributed by atoms with Crippen LogP contribution in [0.5, 0.6) is 0 Å². The zero-order valence-electron chi connectivity index (χ0n) is 12.1. The average molecular weight is 272 g/mol. The van der Waals surface area contributed by atoms with Gasteiger partial charge < -0.3 is 15.1 Å². The molecule has 0 bridgehead atoms. The van der Waals surface area contributed by atoms with E-state index in [2.05, 4.69) is 17.0 Å². The largest absolute Gasteiger partial charge is 0.459 e. The van der Waals surface area contributed by atoms with Crippen molar-refractivity contribution in [1.82, 2.24) is 4.90 Å². The van der Waals surface area contributed by atoms with Crippen molar-refractivity contribution in [3.05, 3.63) is 36.1 Å². The molecule has 3 nitrogen and oxygen atoms in total. The van der Waals surface area contributed by atoms with Gasteiger partial charge in [-0.1, -0.05) is 37.5 Å². The minimum atomic E-state index is -0.0261. The van der Waals surface area contributed by atoms with Crippen molar-refractivity contribution in [3.63, 3.8) is 0 Å². The van der Waals surface area contributed by atoms with Gasteiger partial charge in [-0.2, -0.15) is 0 Å². The molecule has 1 aliphatic rings. The Hall–Kier alpha value is -1.32. The lowest BCUT2D eigenvalue weighted by molar-refractivity contribution is 0.227. The van der Waals surface area contributed by atoms with Gasteiger partial charge in [0.05, 0.1) is 6.04 Å². The molecule has 3 heteroatoms. The van der Waals surface area contributed by atoms with Crippen LogP contribution in [-0.2, 0) is 0 Å². The summed E-state index contributed by atoms with van der Waals surface area (Å²) < 4.78 is 5.88. The lowest BCUT2D eigenvalue weighted by atomic mass is 10.1.